The zero-order valence-corrected chi connectivity index (χ0v) is 15.7. The molecule has 1 aliphatic heterocycles. The van der Waals surface area contributed by atoms with Crippen molar-refractivity contribution in [3.8, 4) is 0 Å². The van der Waals surface area contributed by atoms with Gasteiger partial charge in [0.15, 0.2) is 0 Å². The lowest BCUT2D eigenvalue weighted by atomic mass is 10.1. The highest BCUT2D eigenvalue weighted by atomic mass is 16.6. The van der Waals surface area contributed by atoms with Gasteiger partial charge in [0.05, 0.1) is 19.2 Å². The molecule has 144 valence electrons. The summed E-state index contributed by atoms with van der Waals surface area (Å²) in [5.41, 5.74) is 2.54. The average Bonchev–Trinajstić information content (AvgIpc) is 3.20. The van der Waals surface area contributed by atoms with Crippen LogP contribution < -0.4 is 9.80 Å². The Kier molecular flexibility index (Phi) is 5.50. The number of benzene rings is 2. The molecule has 1 aromatic heterocycles. The number of hydrogen-bond acceptors (Lipinski definition) is 3. The van der Waals surface area contributed by atoms with E-state index in [2.05, 4.69) is 48.5 Å². The molecular weight excluding hydrogens is 354 g/mol. The van der Waals surface area contributed by atoms with Gasteiger partial charge in [-0.2, -0.15) is 0 Å². The fourth-order valence-electron chi connectivity index (χ4n) is 4.21. The summed E-state index contributed by atoms with van der Waals surface area (Å²) in [5.74, 6) is 0.516. The molecule has 2 aromatic carbocycles. The van der Waals surface area contributed by atoms with E-state index in [-0.39, 0.29) is 12.0 Å². The summed E-state index contributed by atoms with van der Waals surface area (Å²) in [4.78, 5) is 13.4. The first-order chi connectivity index (χ1) is 13.7. The SMILES string of the molecule is O=[N+]([O-])c1ccc(C2[NH+](Cc3ccccc3)CCC[NH+]2Cc2ccccc2)o1. The van der Waals surface area contributed by atoms with Gasteiger partial charge in [0.2, 0.25) is 5.76 Å². The van der Waals surface area contributed by atoms with E-state index in [0.29, 0.717) is 5.76 Å². The van der Waals surface area contributed by atoms with Crippen molar-refractivity contribution in [1.29, 1.82) is 0 Å². The van der Waals surface area contributed by atoms with Gasteiger partial charge in [0.25, 0.3) is 6.17 Å². The van der Waals surface area contributed by atoms with Crippen LogP contribution in [0.5, 0.6) is 0 Å². The topological polar surface area (TPSA) is 65.2 Å². The number of hydrogen-bond donors (Lipinski definition) is 2. The van der Waals surface area contributed by atoms with Crippen molar-refractivity contribution in [2.45, 2.75) is 25.7 Å². The second-order valence-corrected chi connectivity index (χ2v) is 7.36. The first kappa shape index (κ1) is 18.4. The third kappa shape index (κ3) is 4.13. The molecule has 3 aromatic rings. The minimum Gasteiger partial charge on any atom is -0.392 e. The van der Waals surface area contributed by atoms with E-state index in [1.807, 2.05) is 12.1 Å². The minimum atomic E-state index is -0.458. The Morgan fingerprint density at radius 3 is 1.86 bits per heavy atom. The first-order valence-electron chi connectivity index (χ1n) is 9.72. The molecule has 0 amide bonds. The number of furan rings is 1. The molecular formula is C22H25N3O3+2. The van der Waals surface area contributed by atoms with E-state index >= 15 is 0 Å². The zero-order chi connectivity index (χ0) is 19.3. The van der Waals surface area contributed by atoms with Crippen molar-refractivity contribution < 1.29 is 19.1 Å². The van der Waals surface area contributed by atoms with Gasteiger partial charge in [-0.25, -0.2) is 0 Å². The number of nitro groups is 1. The summed E-state index contributed by atoms with van der Waals surface area (Å²) < 4.78 is 5.68. The maximum atomic E-state index is 11.1. The van der Waals surface area contributed by atoms with Crippen molar-refractivity contribution in [1.82, 2.24) is 0 Å². The molecule has 0 saturated carbocycles. The van der Waals surface area contributed by atoms with Crippen molar-refractivity contribution in [2.75, 3.05) is 13.1 Å². The predicted octanol–water partition coefficient (Wildman–Crippen LogP) is 1.76. The molecule has 0 spiro atoms. The van der Waals surface area contributed by atoms with Crippen LogP contribution in [0, 0.1) is 10.1 Å². The van der Waals surface area contributed by atoms with Crippen LogP contribution in [-0.4, -0.2) is 18.0 Å². The van der Waals surface area contributed by atoms with Gasteiger partial charge in [-0.3, -0.25) is 19.9 Å². The fraction of sp³-hybridized carbons (Fsp3) is 0.273. The molecule has 2 atom stereocenters. The molecule has 0 radical (unpaired) electrons. The van der Waals surface area contributed by atoms with Gasteiger partial charge in [-0.1, -0.05) is 60.7 Å². The maximum absolute atomic E-state index is 11.1. The minimum absolute atomic E-state index is 0.0304. The lowest BCUT2D eigenvalue weighted by Gasteiger charge is -2.37. The Morgan fingerprint density at radius 2 is 1.39 bits per heavy atom. The van der Waals surface area contributed by atoms with Crippen molar-refractivity contribution in [2.24, 2.45) is 0 Å². The zero-order valence-electron chi connectivity index (χ0n) is 15.7. The van der Waals surface area contributed by atoms with E-state index in [9.17, 15) is 10.1 Å². The van der Waals surface area contributed by atoms with Crippen LogP contribution in [0.25, 0.3) is 0 Å². The summed E-state index contributed by atoms with van der Waals surface area (Å²) in [7, 11) is 0. The van der Waals surface area contributed by atoms with Crippen molar-refractivity contribution in [3.63, 3.8) is 0 Å². The van der Waals surface area contributed by atoms with Crippen LogP contribution in [0.1, 0.15) is 29.5 Å². The lowest BCUT2D eigenvalue weighted by molar-refractivity contribution is -1.16. The smallest absolute Gasteiger partial charge is 0.392 e. The lowest BCUT2D eigenvalue weighted by Crippen LogP contribution is -3.32. The van der Waals surface area contributed by atoms with E-state index in [1.54, 1.807) is 6.07 Å². The summed E-state index contributed by atoms with van der Waals surface area (Å²) in [5, 5.41) is 11.1. The normalized spacial score (nSPS) is 22.1. The van der Waals surface area contributed by atoms with Gasteiger partial charge in [-0.05, 0) is 0 Å². The van der Waals surface area contributed by atoms with Crippen LogP contribution in [0.2, 0.25) is 0 Å². The molecule has 4 rings (SSSR count). The molecule has 1 fully saturated rings. The molecule has 1 saturated heterocycles. The maximum Gasteiger partial charge on any atom is 0.433 e. The van der Waals surface area contributed by atoms with E-state index in [0.717, 1.165) is 32.6 Å². The van der Waals surface area contributed by atoms with E-state index in [4.69, 9.17) is 4.42 Å². The molecule has 2 heterocycles. The molecule has 28 heavy (non-hydrogen) atoms. The number of rotatable bonds is 6. The van der Waals surface area contributed by atoms with Gasteiger partial charge in [-0.15, -0.1) is 0 Å². The van der Waals surface area contributed by atoms with Gasteiger partial charge in [0.1, 0.15) is 18.0 Å². The largest absolute Gasteiger partial charge is 0.433 e. The number of nitrogens with zero attached hydrogens (tertiary/aromatic N) is 1. The quantitative estimate of drug-likeness (QED) is 0.507. The van der Waals surface area contributed by atoms with E-state index < -0.39 is 4.92 Å². The molecule has 2 unspecified atom stereocenters. The third-order valence-corrected chi connectivity index (χ3v) is 5.44. The summed E-state index contributed by atoms with van der Waals surface area (Å²) in [6.45, 7) is 3.79. The Morgan fingerprint density at radius 1 is 0.857 bits per heavy atom. The molecule has 1 aliphatic rings. The highest BCUT2D eigenvalue weighted by molar-refractivity contribution is 5.19. The third-order valence-electron chi connectivity index (χ3n) is 5.44. The molecule has 0 aliphatic carbocycles. The van der Waals surface area contributed by atoms with Crippen LogP contribution >= 0.6 is 0 Å². The number of nitrogens with one attached hydrogen (secondary N) is 2. The molecule has 6 heteroatoms. The molecule has 2 N–H and O–H groups in total. The van der Waals surface area contributed by atoms with Crippen molar-refractivity contribution >= 4 is 5.88 Å². The van der Waals surface area contributed by atoms with Crippen LogP contribution in [-0.2, 0) is 13.1 Å². The van der Waals surface area contributed by atoms with Crippen LogP contribution in [0.3, 0.4) is 0 Å². The van der Waals surface area contributed by atoms with Crippen LogP contribution in [0.4, 0.5) is 5.88 Å². The van der Waals surface area contributed by atoms with Crippen molar-refractivity contribution in [3.05, 3.63) is 99.8 Å². The second kappa shape index (κ2) is 8.37. The average molecular weight is 379 g/mol. The summed E-state index contributed by atoms with van der Waals surface area (Å²) in [6.07, 6.45) is 1.15. The summed E-state index contributed by atoms with van der Waals surface area (Å²) in [6, 6.07) is 24.1. The molecule has 6 nitrogen and oxygen atoms in total. The standard InChI is InChI=1S/C22H23N3O3/c26-25(27)21-13-12-20(28-21)22-23(16-18-8-3-1-4-9-18)14-7-15-24(22)17-19-10-5-2-6-11-19/h1-6,8-13,22H,7,14-17H2/p+2. The second-order valence-electron chi connectivity index (χ2n) is 7.36. The molecule has 0 bridgehead atoms. The van der Waals surface area contributed by atoms with Gasteiger partial charge >= 0.3 is 5.88 Å². The Hall–Kier alpha value is -2.96. The van der Waals surface area contributed by atoms with Gasteiger partial charge < -0.3 is 4.42 Å². The Balaban J connectivity index is 1.64. The fourth-order valence-corrected chi connectivity index (χ4v) is 4.21. The Bertz CT molecular complexity index is 862. The predicted molar refractivity (Wildman–Crippen MR) is 105 cm³/mol. The first-order valence-corrected chi connectivity index (χ1v) is 9.72. The Labute approximate surface area is 164 Å². The highest BCUT2D eigenvalue weighted by Gasteiger charge is 2.40. The van der Waals surface area contributed by atoms with Gasteiger partial charge in [0, 0.05) is 23.6 Å². The highest BCUT2D eigenvalue weighted by Crippen LogP contribution is 2.19. The number of quaternary nitrogens is 2. The summed E-state index contributed by atoms with van der Waals surface area (Å²) >= 11 is 0. The van der Waals surface area contributed by atoms with E-state index in [1.165, 1.54) is 27.0 Å². The van der Waals surface area contributed by atoms with Crippen LogP contribution in [0.15, 0.2) is 77.2 Å². The monoisotopic (exact) mass is 379 g/mol.